The van der Waals surface area contributed by atoms with Crippen LogP contribution in [0.1, 0.15) is 5.69 Å². The van der Waals surface area contributed by atoms with E-state index < -0.39 is 0 Å². The fourth-order valence-corrected chi connectivity index (χ4v) is 1.89. The summed E-state index contributed by atoms with van der Waals surface area (Å²) in [6.45, 7) is 0. The summed E-state index contributed by atoms with van der Waals surface area (Å²) in [7, 11) is 0. The Labute approximate surface area is 115 Å². The van der Waals surface area contributed by atoms with Gasteiger partial charge in [0.1, 0.15) is 11.8 Å². The summed E-state index contributed by atoms with van der Waals surface area (Å²) < 4.78 is 1.65. The molecule has 0 bridgehead atoms. The molecule has 0 amide bonds. The van der Waals surface area contributed by atoms with Gasteiger partial charge in [-0.25, -0.2) is 9.67 Å². The van der Waals surface area contributed by atoms with E-state index >= 15 is 0 Å². The molecule has 2 aromatic heterocycles. The van der Waals surface area contributed by atoms with E-state index in [2.05, 4.69) is 10.1 Å². The van der Waals surface area contributed by atoms with Gasteiger partial charge in [0.15, 0.2) is 5.82 Å². The summed E-state index contributed by atoms with van der Waals surface area (Å²) in [4.78, 5) is 4.20. The van der Waals surface area contributed by atoms with E-state index in [0.717, 1.165) is 16.8 Å². The highest BCUT2D eigenvalue weighted by Crippen LogP contribution is 2.20. The molecule has 0 aliphatic heterocycles. The average Bonchev–Trinajstić information content (AvgIpc) is 2.98. The minimum Gasteiger partial charge on any atom is -0.399 e. The molecule has 0 radical (unpaired) electrons. The third kappa shape index (κ3) is 2.22. The van der Waals surface area contributed by atoms with Crippen molar-refractivity contribution in [2.75, 3.05) is 5.73 Å². The van der Waals surface area contributed by atoms with Gasteiger partial charge in [-0.15, -0.1) is 0 Å². The minimum atomic E-state index is 0.368. The van der Waals surface area contributed by atoms with E-state index in [1.54, 1.807) is 29.1 Å². The highest BCUT2D eigenvalue weighted by atomic mass is 15.3. The van der Waals surface area contributed by atoms with Crippen LogP contribution in [0.3, 0.4) is 0 Å². The number of rotatable bonds is 2. The summed E-state index contributed by atoms with van der Waals surface area (Å²) in [6.07, 6.45) is 3.63. The Morgan fingerprint density at radius 3 is 2.60 bits per heavy atom. The van der Waals surface area contributed by atoms with Crippen LogP contribution in [0.2, 0.25) is 0 Å². The maximum Gasteiger partial charge on any atom is 0.154 e. The fraction of sp³-hybridized carbons (Fsp3) is 0. The predicted octanol–water partition coefficient (Wildman–Crippen LogP) is 2.39. The highest BCUT2D eigenvalue weighted by molar-refractivity contribution is 5.64. The fourth-order valence-electron chi connectivity index (χ4n) is 1.89. The molecule has 2 N–H and O–H groups in total. The van der Waals surface area contributed by atoms with Crippen LogP contribution in [0.15, 0.2) is 54.9 Å². The second-order valence-electron chi connectivity index (χ2n) is 4.29. The second kappa shape index (κ2) is 4.86. The van der Waals surface area contributed by atoms with Crippen molar-refractivity contribution >= 4 is 5.69 Å². The van der Waals surface area contributed by atoms with E-state index in [4.69, 9.17) is 11.0 Å². The first-order valence-corrected chi connectivity index (χ1v) is 6.04. The molecular weight excluding hydrogens is 250 g/mol. The van der Waals surface area contributed by atoms with Crippen molar-refractivity contribution in [2.24, 2.45) is 0 Å². The Kier molecular flexibility index (Phi) is 2.90. The number of nitrogen functional groups attached to an aromatic ring is 1. The molecule has 3 aromatic rings. The maximum atomic E-state index is 8.86. The molecule has 5 nitrogen and oxygen atoms in total. The van der Waals surface area contributed by atoms with Gasteiger partial charge in [-0.05, 0) is 29.8 Å². The van der Waals surface area contributed by atoms with E-state index in [1.165, 1.54) is 0 Å². The zero-order chi connectivity index (χ0) is 13.9. The van der Waals surface area contributed by atoms with E-state index in [9.17, 15) is 0 Å². The molecule has 20 heavy (non-hydrogen) atoms. The van der Waals surface area contributed by atoms with Crippen LogP contribution >= 0.6 is 0 Å². The van der Waals surface area contributed by atoms with Gasteiger partial charge in [0, 0.05) is 17.4 Å². The van der Waals surface area contributed by atoms with E-state index in [0.29, 0.717) is 11.5 Å². The van der Waals surface area contributed by atoms with Crippen molar-refractivity contribution in [1.82, 2.24) is 14.8 Å². The lowest BCUT2D eigenvalue weighted by Gasteiger charge is -2.00. The SMILES string of the molecule is N#Cc1cccc(-n2cc(-c3ccc(N)cc3)cn2)n1. The second-order valence-corrected chi connectivity index (χ2v) is 4.29. The van der Waals surface area contributed by atoms with Crippen molar-refractivity contribution in [2.45, 2.75) is 0 Å². The molecule has 96 valence electrons. The largest absolute Gasteiger partial charge is 0.399 e. The van der Waals surface area contributed by atoms with Gasteiger partial charge in [-0.2, -0.15) is 10.4 Å². The van der Waals surface area contributed by atoms with Gasteiger partial charge >= 0.3 is 0 Å². The summed E-state index contributed by atoms with van der Waals surface area (Å²) in [5.74, 6) is 0.616. The number of nitrogens with two attached hydrogens (primary N) is 1. The molecular formula is C15H11N5. The number of hydrogen-bond donors (Lipinski definition) is 1. The molecule has 2 heterocycles. The Bertz CT molecular complexity index is 781. The number of hydrogen-bond acceptors (Lipinski definition) is 4. The number of nitriles is 1. The normalized spacial score (nSPS) is 10.2. The summed E-state index contributed by atoms with van der Waals surface area (Å²) >= 11 is 0. The number of pyridine rings is 1. The summed E-state index contributed by atoms with van der Waals surface area (Å²) in [6, 6.07) is 14.8. The summed E-state index contributed by atoms with van der Waals surface area (Å²) in [5.41, 5.74) is 8.76. The van der Waals surface area contributed by atoms with Gasteiger partial charge in [0.2, 0.25) is 0 Å². The minimum absolute atomic E-state index is 0.368. The van der Waals surface area contributed by atoms with Crippen LogP contribution in [0.25, 0.3) is 16.9 Å². The molecule has 0 unspecified atom stereocenters. The molecule has 0 atom stereocenters. The zero-order valence-corrected chi connectivity index (χ0v) is 10.6. The number of nitrogens with zero attached hydrogens (tertiary/aromatic N) is 4. The Morgan fingerprint density at radius 1 is 1.05 bits per heavy atom. The van der Waals surface area contributed by atoms with Gasteiger partial charge < -0.3 is 5.73 Å². The van der Waals surface area contributed by atoms with Gasteiger partial charge in [-0.1, -0.05) is 18.2 Å². The lowest BCUT2D eigenvalue weighted by atomic mass is 10.1. The van der Waals surface area contributed by atoms with Crippen LogP contribution in [-0.2, 0) is 0 Å². The van der Waals surface area contributed by atoms with Gasteiger partial charge in [0.05, 0.1) is 6.20 Å². The lowest BCUT2D eigenvalue weighted by Crippen LogP contribution is -1.98. The number of benzene rings is 1. The number of aromatic nitrogens is 3. The molecule has 5 heteroatoms. The molecule has 0 spiro atoms. The quantitative estimate of drug-likeness (QED) is 0.718. The molecule has 0 fully saturated rings. The first kappa shape index (κ1) is 11.9. The maximum absolute atomic E-state index is 8.86. The standard InChI is InChI=1S/C15H11N5/c16-8-14-2-1-3-15(19-14)20-10-12(9-18-20)11-4-6-13(17)7-5-11/h1-7,9-10H,17H2. The lowest BCUT2D eigenvalue weighted by molar-refractivity contribution is 0.844. The predicted molar refractivity (Wildman–Crippen MR) is 75.9 cm³/mol. The molecule has 1 aromatic carbocycles. The van der Waals surface area contributed by atoms with Crippen LogP contribution in [0.5, 0.6) is 0 Å². The highest BCUT2D eigenvalue weighted by Gasteiger charge is 2.05. The van der Waals surface area contributed by atoms with Gasteiger partial charge in [-0.3, -0.25) is 0 Å². The van der Waals surface area contributed by atoms with Crippen LogP contribution in [0, 0.1) is 11.3 Å². The van der Waals surface area contributed by atoms with Gasteiger partial charge in [0.25, 0.3) is 0 Å². The number of anilines is 1. The third-order valence-corrected chi connectivity index (χ3v) is 2.91. The van der Waals surface area contributed by atoms with Crippen LogP contribution in [-0.4, -0.2) is 14.8 Å². The molecule has 0 saturated heterocycles. The molecule has 0 aliphatic carbocycles. The van der Waals surface area contributed by atoms with E-state index in [1.807, 2.05) is 36.5 Å². The topological polar surface area (TPSA) is 80.5 Å². The molecule has 0 saturated carbocycles. The van der Waals surface area contributed by atoms with Crippen LogP contribution in [0.4, 0.5) is 5.69 Å². The monoisotopic (exact) mass is 261 g/mol. The Hall–Kier alpha value is -3.13. The van der Waals surface area contributed by atoms with Crippen molar-refractivity contribution in [3.05, 3.63) is 60.6 Å². The average molecular weight is 261 g/mol. The van der Waals surface area contributed by atoms with Crippen LogP contribution < -0.4 is 5.73 Å². The third-order valence-electron chi connectivity index (χ3n) is 2.91. The Balaban J connectivity index is 1.97. The molecule has 0 aliphatic rings. The summed E-state index contributed by atoms with van der Waals surface area (Å²) in [5, 5.41) is 13.1. The van der Waals surface area contributed by atoms with Crippen molar-refractivity contribution in [3.8, 4) is 23.0 Å². The Morgan fingerprint density at radius 2 is 1.85 bits per heavy atom. The van der Waals surface area contributed by atoms with Crippen molar-refractivity contribution < 1.29 is 0 Å². The zero-order valence-electron chi connectivity index (χ0n) is 10.6. The van der Waals surface area contributed by atoms with Crippen molar-refractivity contribution in [3.63, 3.8) is 0 Å². The first-order valence-electron chi connectivity index (χ1n) is 6.04. The van der Waals surface area contributed by atoms with Crippen molar-refractivity contribution in [1.29, 1.82) is 5.26 Å². The first-order chi connectivity index (χ1) is 9.76. The molecule has 3 rings (SSSR count). The smallest absolute Gasteiger partial charge is 0.154 e. The van der Waals surface area contributed by atoms with E-state index in [-0.39, 0.29) is 0 Å².